The van der Waals surface area contributed by atoms with Crippen molar-refractivity contribution in [2.24, 2.45) is 21.7 Å². The van der Waals surface area contributed by atoms with Gasteiger partial charge in [-0.3, -0.25) is 15.0 Å². The van der Waals surface area contributed by atoms with Crippen molar-refractivity contribution in [2.75, 3.05) is 19.3 Å². The molecule has 0 aromatic carbocycles. The van der Waals surface area contributed by atoms with Gasteiger partial charge in [0.15, 0.2) is 0 Å². The molecule has 3 heterocycles. The normalized spacial score (nSPS) is 14.6. The lowest BCUT2D eigenvalue weighted by Crippen LogP contribution is -2.26. The average molecular weight is 446 g/mol. The van der Waals surface area contributed by atoms with Crippen LogP contribution in [0.4, 0.5) is 5.69 Å². The number of pyridine rings is 2. The summed E-state index contributed by atoms with van der Waals surface area (Å²) in [5.74, 6) is 0.847. The van der Waals surface area contributed by atoms with Gasteiger partial charge in [-0.2, -0.15) is 5.10 Å². The number of nitrogen functional groups attached to an aromatic ring is 1. The summed E-state index contributed by atoms with van der Waals surface area (Å²) in [6.45, 7) is 6.04. The van der Waals surface area contributed by atoms with Gasteiger partial charge in [0, 0.05) is 62.6 Å². The van der Waals surface area contributed by atoms with Crippen molar-refractivity contribution in [1.29, 1.82) is 0 Å². The Kier molecular flexibility index (Phi) is 6.99. The fourth-order valence-electron chi connectivity index (χ4n) is 3.90. The summed E-state index contributed by atoms with van der Waals surface area (Å²) in [4.78, 5) is 13.1. The van der Waals surface area contributed by atoms with Crippen molar-refractivity contribution in [3.05, 3.63) is 65.5 Å². The first kappa shape index (κ1) is 22.5. The summed E-state index contributed by atoms with van der Waals surface area (Å²) in [6.07, 6.45) is 13.1. The van der Waals surface area contributed by atoms with E-state index in [1.807, 2.05) is 16.7 Å². The standard InChI is InChI=1S/C24H31N9/c1-27-12-20-21(25)8-9-30-24(20)22(26)16-33(28-2)15-19-14-32-13-18(6-7-23(32)31-19)11-29-10-17-4-3-5-17/h6-9,12-14,16-17,29H,2-5,10-11,15,26H2,1H3,(H2,25,30)/b22-16-,27-12?. The maximum Gasteiger partial charge on any atom is 0.137 e. The summed E-state index contributed by atoms with van der Waals surface area (Å²) in [7, 11) is 1.67. The van der Waals surface area contributed by atoms with E-state index in [2.05, 4.69) is 39.4 Å². The summed E-state index contributed by atoms with van der Waals surface area (Å²) in [6, 6.07) is 5.86. The van der Waals surface area contributed by atoms with Gasteiger partial charge in [-0.05, 0) is 43.0 Å². The molecule has 9 heteroatoms. The molecular formula is C24H31N9. The van der Waals surface area contributed by atoms with E-state index >= 15 is 0 Å². The van der Waals surface area contributed by atoms with Gasteiger partial charge in [0.2, 0.25) is 0 Å². The number of nitrogens with one attached hydrogen (secondary N) is 1. The Labute approximate surface area is 193 Å². The van der Waals surface area contributed by atoms with E-state index in [0.717, 1.165) is 30.3 Å². The molecule has 5 N–H and O–H groups in total. The molecule has 0 aliphatic heterocycles. The van der Waals surface area contributed by atoms with Crippen molar-refractivity contribution in [3.8, 4) is 0 Å². The first-order valence-corrected chi connectivity index (χ1v) is 11.1. The van der Waals surface area contributed by atoms with Crippen LogP contribution in [-0.2, 0) is 13.1 Å². The van der Waals surface area contributed by atoms with Gasteiger partial charge in [0.1, 0.15) is 5.65 Å². The molecule has 0 unspecified atom stereocenters. The molecule has 1 aliphatic carbocycles. The van der Waals surface area contributed by atoms with Crippen LogP contribution in [0, 0.1) is 5.92 Å². The lowest BCUT2D eigenvalue weighted by molar-refractivity contribution is 0.301. The van der Waals surface area contributed by atoms with Crippen LogP contribution in [0.15, 0.2) is 53.1 Å². The van der Waals surface area contributed by atoms with Crippen LogP contribution >= 0.6 is 0 Å². The molecular weight excluding hydrogens is 414 g/mol. The van der Waals surface area contributed by atoms with Gasteiger partial charge in [-0.25, -0.2) is 4.98 Å². The molecule has 4 rings (SSSR count). The third-order valence-corrected chi connectivity index (χ3v) is 5.90. The smallest absolute Gasteiger partial charge is 0.137 e. The molecule has 172 valence electrons. The second-order valence-corrected chi connectivity index (χ2v) is 8.34. The fourth-order valence-corrected chi connectivity index (χ4v) is 3.90. The minimum Gasteiger partial charge on any atom is -0.398 e. The predicted molar refractivity (Wildman–Crippen MR) is 134 cm³/mol. The van der Waals surface area contributed by atoms with Gasteiger partial charge in [0.25, 0.3) is 0 Å². The third-order valence-electron chi connectivity index (χ3n) is 5.90. The molecule has 1 aliphatic rings. The molecule has 1 fully saturated rings. The minimum atomic E-state index is 0.410. The second kappa shape index (κ2) is 10.3. The Bertz CT molecular complexity index is 1170. The highest BCUT2D eigenvalue weighted by molar-refractivity contribution is 5.92. The van der Waals surface area contributed by atoms with Crippen molar-refractivity contribution in [3.63, 3.8) is 0 Å². The van der Waals surface area contributed by atoms with Crippen LogP contribution in [0.2, 0.25) is 0 Å². The number of nitrogens with zero attached hydrogens (tertiary/aromatic N) is 6. The van der Waals surface area contributed by atoms with Crippen LogP contribution in [0.25, 0.3) is 11.3 Å². The molecule has 0 atom stereocenters. The quantitative estimate of drug-likeness (QED) is 0.326. The number of nitrogens with two attached hydrogens (primary N) is 2. The Hall–Kier alpha value is -3.72. The predicted octanol–water partition coefficient (Wildman–Crippen LogP) is 2.62. The molecule has 0 saturated heterocycles. The molecule has 1 saturated carbocycles. The van der Waals surface area contributed by atoms with Crippen LogP contribution in [0.5, 0.6) is 0 Å². The van der Waals surface area contributed by atoms with Gasteiger partial charge >= 0.3 is 0 Å². The average Bonchev–Trinajstić information content (AvgIpc) is 3.18. The number of hydrazone groups is 1. The van der Waals surface area contributed by atoms with Gasteiger partial charge in [0.05, 0.1) is 23.6 Å². The second-order valence-electron chi connectivity index (χ2n) is 8.34. The summed E-state index contributed by atoms with van der Waals surface area (Å²) >= 11 is 0. The molecule has 0 radical (unpaired) electrons. The van der Waals surface area contributed by atoms with Gasteiger partial charge < -0.3 is 21.2 Å². The fraction of sp³-hybridized carbons (Fsp3) is 0.333. The van der Waals surface area contributed by atoms with E-state index in [1.165, 1.54) is 24.8 Å². The van der Waals surface area contributed by atoms with Crippen LogP contribution in [0.1, 0.15) is 41.8 Å². The number of aliphatic imine (C=N–C) groups is 1. The number of hydrogen-bond acceptors (Lipinski definition) is 8. The lowest BCUT2D eigenvalue weighted by Gasteiger charge is -2.25. The number of rotatable bonds is 10. The zero-order chi connectivity index (χ0) is 23.2. The van der Waals surface area contributed by atoms with E-state index in [-0.39, 0.29) is 0 Å². The van der Waals surface area contributed by atoms with Crippen molar-refractivity contribution in [2.45, 2.75) is 32.4 Å². The van der Waals surface area contributed by atoms with Crippen molar-refractivity contribution >= 4 is 30.0 Å². The Balaban J connectivity index is 1.47. The minimum absolute atomic E-state index is 0.410. The topological polar surface area (TPSA) is 122 Å². The molecule has 0 spiro atoms. The zero-order valence-corrected chi connectivity index (χ0v) is 19.0. The Morgan fingerprint density at radius 3 is 2.91 bits per heavy atom. The first-order chi connectivity index (χ1) is 16.1. The van der Waals surface area contributed by atoms with E-state index in [9.17, 15) is 0 Å². The maximum atomic E-state index is 6.32. The molecule has 0 amide bonds. The first-order valence-electron chi connectivity index (χ1n) is 11.1. The van der Waals surface area contributed by atoms with Gasteiger partial charge in [-0.1, -0.05) is 12.5 Å². The summed E-state index contributed by atoms with van der Waals surface area (Å²) < 4.78 is 2.04. The maximum absolute atomic E-state index is 6.32. The number of fused-ring (bicyclic) bond motifs is 1. The highest BCUT2D eigenvalue weighted by Crippen LogP contribution is 2.25. The van der Waals surface area contributed by atoms with Crippen LogP contribution < -0.4 is 16.8 Å². The Morgan fingerprint density at radius 1 is 1.33 bits per heavy atom. The van der Waals surface area contributed by atoms with E-state index in [1.54, 1.807) is 36.7 Å². The van der Waals surface area contributed by atoms with Crippen LogP contribution in [-0.4, -0.2) is 45.9 Å². The van der Waals surface area contributed by atoms with Crippen molar-refractivity contribution in [1.82, 2.24) is 24.7 Å². The number of aromatic nitrogens is 3. The zero-order valence-electron chi connectivity index (χ0n) is 19.0. The molecule has 3 aromatic rings. The number of anilines is 1. The number of imidazole rings is 1. The highest BCUT2D eigenvalue weighted by Gasteiger charge is 2.16. The third kappa shape index (κ3) is 5.38. The largest absolute Gasteiger partial charge is 0.398 e. The van der Waals surface area contributed by atoms with Crippen LogP contribution in [0.3, 0.4) is 0 Å². The molecule has 3 aromatic heterocycles. The lowest BCUT2D eigenvalue weighted by atomic mass is 9.85. The van der Waals surface area contributed by atoms with E-state index < -0.39 is 0 Å². The SMILES string of the molecule is C=NN(/C=C(\N)c1nccc(N)c1C=NC)Cc1cn2cc(CNCC3CCC3)ccc2n1. The molecule has 33 heavy (non-hydrogen) atoms. The van der Waals surface area contributed by atoms with Gasteiger partial charge in [-0.15, -0.1) is 0 Å². The number of hydrogen-bond donors (Lipinski definition) is 3. The highest BCUT2D eigenvalue weighted by atomic mass is 15.4. The molecule has 9 nitrogen and oxygen atoms in total. The summed E-state index contributed by atoms with van der Waals surface area (Å²) in [5.41, 5.74) is 17.5. The Morgan fingerprint density at radius 2 is 2.18 bits per heavy atom. The van der Waals surface area contributed by atoms with E-state index in [4.69, 9.17) is 16.5 Å². The summed E-state index contributed by atoms with van der Waals surface area (Å²) in [5, 5.41) is 9.28. The monoisotopic (exact) mass is 445 g/mol. The van der Waals surface area contributed by atoms with Crippen molar-refractivity contribution < 1.29 is 0 Å². The molecule has 0 bridgehead atoms. The van der Waals surface area contributed by atoms with E-state index in [0.29, 0.717) is 29.2 Å².